The number of nitrogens with zero attached hydrogens (tertiary/aromatic N) is 4. The van der Waals surface area contributed by atoms with E-state index in [1.807, 2.05) is 12.1 Å². The third-order valence-corrected chi connectivity index (χ3v) is 4.03. The molecule has 0 unspecified atom stereocenters. The average Bonchev–Trinajstić information content (AvgIpc) is 3.34. The van der Waals surface area contributed by atoms with Crippen molar-refractivity contribution < 1.29 is 9.53 Å². The first kappa shape index (κ1) is 14.9. The first-order valence-electron chi connectivity index (χ1n) is 7.60. The smallest absolute Gasteiger partial charge is 0.259 e. The minimum Gasteiger partial charge on any atom is -0.476 e. The summed E-state index contributed by atoms with van der Waals surface area (Å²) in [5.41, 5.74) is 0.972. The van der Waals surface area contributed by atoms with E-state index in [-0.39, 0.29) is 5.91 Å². The van der Waals surface area contributed by atoms with Crippen molar-refractivity contribution in [3.8, 4) is 5.88 Å². The summed E-state index contributed by atoms with van der Waals surface area (Å²) in [7, 11) is 0. The van der Waals surface area contributed by atoms with Crippen LogP contribution in [0, 0.1) is 5.92 Å². The molecular formula is C16H14ClN5O2. The van der Waals surface area contributed by atoms with E-state index in [0.717, 1.165) is 0 Å². The summed E-state index contributed by atoms with van der Waals surface area (Å²) in [5, 5.41) is 11.0. The van der Waals surface area contributed by atoms with Crippen LogP contribution in [-0.2, 0) is 0 Å². The van der Waals surface area contributed by atoms with Crippen LogP contribution in [0.2, 0.25) is 5.02 Å². The Morgan fingerprint density at radius 2 is 2.25 bits per heavy atom. The minimum absolute atomic E-state index is 0.314. The maximum absolute atomic E-state index is 12.4. The van der Waals surface area contributed by atoms with Gasteiger partial charge in [0.2, 0.25) is 11.8 Å². The van der Waals surface area contributed by atoms with Crippen molar-refractivity contribution in [3.05, 3.63) is 47.2 Å². The average molecular weight is 344 g/mol. The summed E-state index contributed by atoms with van der Waals surface area (Å²) in [6.07, 6.45) is 5.58. The van der Waals surface area contributed by atoms with Gasteiger partial charge in [-0.25, -0.2) is 4.98 Å². The number of anilines is 1. The number of hydrogen-bond acceptors (Lipinski definition) is 5. The number of pyridine rings is 2. The highest BCUT2D eigenvalue weighted by atomic mass is 35.5. The molecule has 1 amide bonds. The van der Waals surface area contributed by atoms with Gasteiger partial charge in [0.15, 0.2) is 5.65 Å². The van der Waals surface area contributed by atoms with Crippen LogP contribution >= 0.6 is 11.6 Å². The van der Waals surface area contributed by atoms with Gasteiger partial charge in [-0.3, -0.25) is 14.5 Å². The second-order valence-electron chi connectivity index (χ2n) is 5.67. The molecule has 0 aromatic carbocycles. The molecule has 122 valence electrons. The number of rotatable bonds is 5. The van der Waals surface area contributed by atoms with Gasteiger partial charge in [0.25, 0.3) is 5.91 Å². The molecule has 0 aliphatic heterocycles. The first-order valence-corrected chi connectivity index (χ1v) is 7.98. The fraction of sp³-hybridized carbons (Fsp3) is 0.250. The highest BCUT2D eigenvalue weighted by Crippen LogP contribution is 2.31. The quantitative estimate of drug-likeness (QED) is 0.770. The molecule has 3 aromatic rings. The van der Waals surface area contributed by atoms with Gasteiger partial charge >= 0.3 is 0 Å². The Kier molecular flexibility index (Phi) is 3.78. The Morgan fingerprint density at radius 3 is 3.04 bits per heavy atom. The molecule has 1 fully saturated rings. The lowest BCUT2D eigenvalue weighted by molar-refractivity contribution is 0.102. The van der Waals surface area contributed by atoms with E-state index in [4.69, 9.17) is 16.3 Å². The Bertz CT molecular complexity index is 906. The fourth-order valence-electron chi connectivity index (χ4n) is 2.24. The van der Waals surface area contributed by atoms with Crippen LogP contribution in [-0.4, -0.2) is 32.1 Å². The maximum Gasteiger partial charge on any atom is 0.259 e. The van der Waals surface area contributed by atoms with Crippen molar-refractivity contribution in [3.63, 3.8) is 0 Å². The summed E-state index contributed by atoms with van der Waals surface area (Å²) in [4.78, 5) is 16.5. The molecule has 1 saturated carbocycles. The Morgan fingerprint density at radius 1 is 1.38 bits per heavy atom. The Hall–Kier alpha value is -2.67. The highest BCUT2D eigenvalue weighted by molar-refractivity contribution is 6.32. The topological polar surface area (TPSA) is 81.4 Å². The van der Waals surface area contributed by atoms with Gasteiger partial charge in [-0.05, 0) is 37.0 Å². The second-order valence-corrected chi connectivity index (χ2v) is 6.08. The Balaban J connectivity index is 1.50. The zero-order chi connectivity index (χ0) is 16.5. The zero-order valence-electron chi connectivity index (χ0n) is 12.6. The number of amides is 1. The van der Waals surface area contributed by atoms with Gasteiger partial charge in [0.1, 0.15) is 5.02 Å². The summed E-state index contributed by atoms with van der Waals surface area (Å²) >= 11 is 6.15. The van der Waals surface area contributed by atoms with Crippen molar-refractivity contribution in [2.24, 2.45) is 5.92 Å². The van der Waals surface area contributed by atoms with Gasteiger partial charge in [-0.15, -0.1) is 10.2 Å². The number of carbonyl (C=O) groups excluding carboxylic acids is 1. The molecule has 3 aromatic heterocycles. The van der Waals surface area contributed by atoms with E-state index in [1.165, 1.54) is 25.1 Å². The molecule has 0 spiro atoms. The second kappa shape index (κ2) is 6.09. The lowest BCUT2D eigenvalue weighted by atomic mass is 10.2. The van der Waals surface area contributed by atoms with Crippen LogP contribution in [0.1, 0.15) is 23.2 Å². The van der Waals surface area contributed by atoms with Crippen molar-refractivity contribution >= 4 is 29.1 Å². The number of carbonyl (C=O) groups is 1. The third-order valence-electron chi connectivity index (χ3n) is 3.76. The van der Waals surface area contributed by atoms with Gasteiger partial charge in [-0.1, -0.05) is 17.7 Å². The van der Waals surface area contributed by atoms with Gasteiger partial charge in [0, 0.05) is 12.4 Å². The fourth-order valence-corrected chi connectivity index (χ4v) is 2.46. The first-order chi connectivity index (χ1) is 11.7. The monoisotopic (exact) mass is 343 g/mol. The van der Waals surface area contributed by atoms with Gasteiger partial charge in [-0.2, -0.15) is 0 Å². The molecule has 7 nitrogen and oxygen atoms in total. The number of fused-ring (bicyclic) bond motifs is 1. The van der Waals surface area contributed by atoms with Gasteiger partial charge in [0.05, 0.1) is 12.2 Å². The van der Waals surface area contributed by atoms with Crippen LogP contribution in [0.15, 0.2) is 36.7 Å². The molecule has 0 saturated heterocycles. The summed E-state index contributed by atoms with van der Waals surface area (Å²) in [5.74, 6) is 0.928. The van der Waals surface area contributed by atoms with Crippen LogP contribution in [0.3, 0.4) is 0 Å². The van der Waals surface area contributed by atoms with E-state index < -0.39 is 0 Å². The van der Waals surface area contributed by atoms with E-state index >= 15 is 0 Å². The summed E-state index contributed by atoms with van der Waals surface area (Å²) in [6, 6.07) is 7.01. The van der Waals surface area contributed by atoms with Crippen LogP contribution in [0.4, 0.5) is 5.95 Å². The van der Waals surface area contributed by atoms with E-state index in [0.29, 0.717) is 40.6 Å². The molecule has 24 heavy (non-hydrogen) atoms. The number of ether oxygens (including phenoxy) is 1. The Labute approximate surface area is 142 Å². The minimum atomic E-state index is -0.365. The molecule has 1 N–H and O–H groups in total. The molecule has 1 aliphatic rings. The molecule has 0 atom stereocenters. The van der Waals surface area contributed by atoms with Crippen molar-refractivity contribution in [2.45, 2.75) is 12.8 Å². The molecule has 8 heteroatoms. The molecule has 0 radical (unpaired) electrons. The SMILES string of the molecule is O=C(Nc1nnc2ccccn12)c1cnc(OCC2CC2)c(Cl)c1. The molecule has 0 bridgehead atoms. The predicted molar refractivity (Wildman–Crippen MR) is 88.4 cm³/mol. The van der Waals surface area contributed by atoms with E-state index in [1.54, 1.807) is 16.7 Å². The zero-order valence-corrected chi connectivity index (χ0v) is 13.4. The third kappa shape index (κ3) is 3.03. The largest absolute Gasteiger partial charge is 0.476 e. The summed E-state index contributed by atoms with van der Waals surface area (Å²) < 4.78 is 7.24. The van der Waals surface area contributed by atoms with Crippen molar-refractivity contribution in [2.75, 3.05) is 11.9 Å². The molecule has 3 heterocycles. The standard InChI is InChI=1S/C16H14ClN5O2/c17-12-7-11(8-18-15(12)24-9-10-4-5-10)14(23)19-16-21-20-13-3-1-2-6-22(13)16/h1-3,6-8,10H,4-5,9H2,(H,19,21,23). The number of aromatic nitrogens is 4. The lowest BCUT2D eigenvalue weighted by Gasteiger charge is -2.08. The van der Waals surface area contributed by atoms with E-state index in [2.05, 4.69) is 20.5 Å². The molecular weight excluding hydrogens is 330 g/mol. The lowest BCUT2D eigenvalue weighted by Crippen LogP contribution is -2.15. The van der Waals surface area contributed by atoms with Crippen molar-refractivity contribution in [1.29, 1.82) is 0 Å². The van der Waals surface area contributed by atoms with E-state index in [9.17, 15) is 4.79 Å². The predicted octanol–water partition coefficient (Wildman–Crippen LogP) is 2.82. The molecule has 4 rings (SSSR count). The van der Waals surface area contributed by atoms with Crippen LogP contribution < -0.4 is 10.1 Å². The number of halogens is 1. The number of nitrogens with one attached hydrogen (secondary N) is 1. The van der Waals surface area contributed by atoms with Crippen molar-refractivity contribution in [1.82, 2.24) is 19.6 Å². The maximum atomic E-state index is 12.4. The molecule has 1 aliphatic carbocycles. The van der Waals surface area contributed by atoms with Crippen LogP contribution in [0.25, 0.3) is 5.65 Å². The summed E-state index contributed by atoms with van der Waals surface area (Å²) in [6.45, 7) is 0.615. The van der Waals surface area contributed by atoms with Gasteiger partial charge < -0.3 is 4.74 Å². The normalized spacial score (nSPS) is 13.9. The highest BCUT2D eigenvalue weighted by Gasteiger charge is 2.23. The van der Waals surface area contributed by atoms with Crippen LogP contribution in [0.5, 0.6) is 5.88 Å². The number of hydrogen-bond donors (Lipinski definition) is 1.